The molecule has 4 aromatic rings. The van der Waals surface area contributed by atoms with Gasteiger partial charge >= 0.3 is 0 Å². The number of amidine groups is 1. The Kier molecular flexibility index (Phi) is 5.61. The van der Waals surface area contributed by atoms with E-state index in [0.29, 0.717) is 28.8 Å². The van der Waals surface area contributed by atoms with Crippen LogP contribution < -0.4 is 11.1 Å². The summed E-state index contributed by atoms with van der Waals surface area (Å²) in [5, 5.41) is 10.7. The van der Waals surface area contributed by atoms with Crippen molar-refractivity contribution in [2.24, 2.45) is 5.73 Å². The number of fused-ring (bicyclic) bond motifs is 8. The fourth-order valence-corrected chi connectivity index (χ4v) is 5.58. The number of hydrogen-bond donors (Lipinski definition) is 3. The molecule has 0 saturated heterocycles. The number of hydrogen-bond acceptors (Lipinski definition) is 3. The lowest BCUT2D eigenvalue weighted by Gasteiger charge is -2.18. The van der Waals surface area contributed by atoms with Crippen LogP contribution in [0.5, 0.6) is 0 Å². The van der Waals surface area contributed by atoms with Crippen molar-refractivity contribution in [3.8, 4) is 11.1 Å². The number of halogens is 2. The number of nitrogens with one attached hydrogen (secondary N) is 2. The molecule has 4 aromatic carbocycles. The maximum absolute atomic E-state index is 14.4. The van der Waals surface area contributed by atoms with E-state index in [2.05, 4.69) is 5.32 Å². The average molecular weight is 510 g/mol. The second-order valence-electron chi connectivity index (χ2n) is 9.89. The molecule has 0 saturated carbocycles. The van der Waals surface area contributed by atoms with Crippen LogP contribution in [0.1, 0.15) is 67.1 Å². The molecule has 38 heavy (non-hydrogen) atoms. The summed E-state index contributed by atoms with van der Waals surface area (Å²) in [6.07, 6.45) is -0.593. The Hall–Kier alpha value is -4.36. The van der Waals surface area contributed by atoms with Gasteiger partial charge in [0.05, 0.1) is 0 Å². The topological polar surface area (TPSA) is 88.2 Å². The Morgan fingerprint density at radius 3 is 2.21 bits per heavy atom. The van der Waals surface area contributed by atoms with Gasteiger partial charge in [-0.3, -0.25) is 10.2 Å². The van der Waals surface area contributed by atoms with Gasteiger partial charge in [-0.2, -0.15) is 0 Å². The molecule has 2 bridgehead atoms. The van der Waals surface area contributed by atoms with Crippen molar-refractivity contribution in [2.45, 2.75) is 32.6 Å². The van der Waals surface area contributed by atoms with Gasteiger partial charge in [0.2, 0.25) is 0 Å². The second-order valence-corrected chi connectivity index (χ2v) is 9.89. The highest BCUT2D eigenvalue weighted by Crippen LogP contribution is 2.54. The van der Waals surface area contributed by atoms with E-state index in [9.17, 15) is 13.6 Å². The molecule has 0 radical (unpaired) electrons. The van der Waals surface area contributed by atoms with E-state index < -0.39 is 11.6 Å². The van der Waals surface area contributed by atoms with Crippen LogP contribution in [0, 0.1) is 30.9 Å². The van der Waals surface area contributed by atoms with E-state index in [4.69, 9.17) is 15.9 Å². The van der Waals surface area contributed by atoms with Gasteiger partial charge in [0.25, 0.3) is 5.91 Å². The fraction of sp³-hybridized carbons (Fsp3) is 0.161. The molecule has 2 heterocycles. The number of aryl methyl sites for hydroxylation is 2. The standard InChI is InChI=1S/C31H25F2N3O2/c1-15-9-19(30(34)35)10-16(2)26(15)14-36-31(37)18-4-7-23-25(12-18)29-24-11-17(3-6-22(24)28(23)38-29)21-8-5-20(32)13-27(21)33/h3-13,28-29H,14H2,1-2H3,(H3,34,35)(H,36,37)/t28-,29+/m0/s1. The lowest BCUT2D eigenvalue weighted by molar-refractivity contribution is 0.0857. The average Bonchev–Trinajstić information content (AvgIpc) is 3.44. The molecule has 6 rings (SSSR count). The van der Waals surface area contributed by atoms with Crippen molar-refractivity contribution in [3.05, 3.63) is 128 Å². The third kappa shape index (κ3) is 3.87. The second kappa shape index (κ2) is 8.89. The Morgan fingerprint density at radius 2 is 1.53 bits per heavy atom. The highest BCUT2D eigenvalue weighted by molar-refractivity contribution is 5.96. The molecule has 7 heteroatoms. The number of nitrogen functional groups attached to an aromatic ring is 1. The van der Waals surface area contributed by atoms with Gasteiger partial charge in [-0.1, -0.05) is 18.2 Å². The normalized spacial score (nSPS) is 16.7. The van der Waals surface area contributed by atoms with Crippen molar-refractivity contribution in [1.82, 2.24) is 5.32 Å². The highest BCUT2D eigenvalue weighted by Gasteiger charge is 2.43. The lowest BCUT2D eigenvalue weighted by Crippen LogP contribution is -2.24. The summed E-state index contributed by atoms with van der Waals surface area (Å²) >= 11 is 0. The lowest BCUT2D eigenvalue weighted by atomic mass is 9.83. The van der Waals surface area contributed by atoms with E-state index in [1.807, 2.05) is 56.3 Å². The molecule has 0 unspecified atom stereocenters. The molecule has 2 aliphatic heterocycles. The fourth-order valence-electron chi connectivity index (χ4n) is 5.58. The maximum Gasteiger partial charge on any atom is 0.251 e. The van der Waals surface area contributed by atoms with Gasteiger partial charge in [-0.25, -0.2) is 8.78 Å². The smallest absolute Gasteiger partial charge is 0.251 e. The zero-order valence-corrected chi connectivity index (χ0v) is 20.9. The molecule has 0 fully saturated rings. The van der Waals surface area contributed by atoms with Crippen molar-refractivity contribution in [2.75, 3.05) is 0 Å². The minimum absolute atomic E-state index is 0.0120. The predicted octanol–water partition coefficient (Wildman–Crippen LogP) is 5.99. The molecule has 4 N–H and O–H groups in total. The number of rotatable bonds is 5. The van der Waals surface area contributed by atoms with Gasteiger partial charge in [0, 0.05) is 29.3 Å². The van der Waals surface area contributed by atoms with Crippen LogP contribution in [0.2, 0.25) is 0 Å². The van der Waals surface area contributed by atoms with E-state index in [-0.39, 0.29) is 24.0 Å². The van der Waals surface area contributed by atoms with Crippen molar-refractivity contribution in [1.29, 1.82) is 5.41 Å². The Bertz CT molecular complexity index is 1640. The van der Waals surface area contributed by atoms with E-state index >= 15 is 0 Å². The number of amides is 1. The highest BCUT2D eigenvalue weighted by atomic mass is 19.1. The van der Waals surface area contributed by atoms with Crippen LogP contribution in [-0.4, -0.2) is 11.7 Å². The number of nitrogens with two attached hydrogens (primary N) is 1. The molecule has 1 amide bonds. The summed E-state index contributed by atoms with van der Waals surface area (Å²) in [6.45, 7) is 4.23. The Morgan fingerprint density at radius 1 is 0.868 bits per heavy atom. The van der Waals surface area contributed by atoms with E-state index in [1.54, 1.807) is 6.07 Å². The minimum atomic E-state index is -0.618. The Balaban J connectivity index is 1.25. The van der Waals surface area contributed by atoms with Gasteiger partial charge in [0.1, 0.15) is 29.7 Å². The molecule has 2 aliphatic rings. The first kappa shape index (κ1) is 24.0. The SMILES string of the molecule is Cc1cc(C(=N)N)cc(C)c1CNC(=O)c1ccc2c(c1)[C@@H]1O[C@H]2c2ccc(-c3ccc(F)cc3F)cc21. The maximum atomic E-state index is 14.4. The zero-order valence-electron chi connectivity index (χ0n) is 20.9. The first-order chi connectivity index (χ1) is 18.2. The molecule has 5 nitrogen and oxygen atoms in total. The van der Waals surface area contributed by atoms with Crippen LogP contribution >= 0.6 is 0 Å². The van der Waals surface area contributed by atoms with E-state index in [0.717, 1.165) is 45.0 Å². The quantitative estimate of drug-likeness (QED) is 0.228. The summed E-state index contributed by atoms with van der Waals surface area (Å²) in [5.74, 6) is -1.42. The number of ether oxygens (including phenoxy) is 1. The van der Waals surface area contributed by atoms with Crippen LogP contribution in [-0.2, 0) is 11.3 Å². The summed E-state index contributed by atoms with van der Waals surface area (Å²) in [5.41, 5.74) is 14.6. The number of benzene rings is 4. The van der Waals surface area contributed by atoms with Crippen LogP contribution in [0.3, 0.4) is 0 Å². The third-order valence-electron chi connectivity index (χ3n) is 7.51. The molecular formula is C31H25F2N3O2. The Labute approximate surface area is 218 Å². The molecule has 0 spiro atoms. The molecule has 0 aliphatic carbocycles. The van der Waals surface area contributed by atoms with Crippen molar-refractivity contribution < 1.29 is 18.3 Å². The van der Waals surface area contributed by atoms with Crippen LogP contribution in [0.15, 0.2) is 66.7 Å². The molecule has 0 aromatic heterocycles. The van der Waals surface area contributed by atoms with Gasteiger partial charge in [-0.15, -0.1) is 0 Å². The van der Waals surface area contributed by atoms with Crippen LogP contribution in [0.25, 0.3) is 11.1 Å². The first-order valence-corrected chi connectivity index (χ1v) is 12.3. The van der Waals surface area contributed by atoms with Gasteiger partial charge < -0.3 is 15.8 Å². The summed E-state index contributed by atoms with van der Waals surface area (Å²) in [6, 6.07) is 18.5. The monoisotopic (exact) mass is 509 g/mol. The van der Waals surface area contributed by atoms with Crippen molar-refractivity contribution >= 4 is 11.7 Å². The summed E-state index contributed by atoms with van der Waals surface area (Å²) in [7, 11) is 0. The number of carbonyl (C=O) groups excluding carboxylic acids is 1. The first-order valence-electron chi connectivity index (χ1n) is 12.3. The summed E-state index contributed by atoms with van der Waals surface area (Å²) in [4.78, 5) is 13.1. The minimum Gasteiger partial charge on any atom is -0.384 e. The van der Waals surface area contributed by atoms with E-state index in [1.165, 1.54) is 12.1 Å². The predicted molar refractivity (Wildman–Crippen MR) is 141 cm³/mol. The van der Waals surface area contributed by atoms with Crippen molar-refractivity contribution in [3.63, 3.8) is 0 Å². The molecule has 2 atom stereocenters. The molecule has 190 valence electrons. The number of carbonyl (C=O) groups is 1. The largest absolute Gasteiger partial charge is 0.384 e. The molecular weight excluding hydrogens is 484 g/mol. The summed E-state index contributed by atoms with van der Waals surface area (Å²) < 4.78 is 34.1. The third-order valence-corrected chi connectivity index (χ3v) is 7.51. The zero-order chi connectivity index (χ0) is 26.7. The van der Waals surface area contributed by atoms with Gasteiger partial charge in [-0.05, 0) is 101 Å². The van der Waals surface area contributed by atoms with Crippen LogP contribution in [0.4, 0.5) is 8.78 Å². The van der Waals surface area contributed by atoms with Gasteiger partial charge in [0.15, 0.2) is 0 Å².